The maximum atomic E-state index is 9.19. The minimum Gasteiger partial charge on any atom is -0.384 e. The Morgan fingerprint density at radius 1 is 1.22 bits per heavy atom. The molecule has 1 fully saturated rings. The van der Waals surface area contributed by atoms with E-state index in [4.69, 9.17) is 5.73 Å². The standard InChI is InChI=1S/C15H23N3/c1-10-5-4-6-13(8-7-10)18-12(3)11(2)14(9-16)15(18)17/h10,13H,4-8,17H2,1-3H3. The molecule has 1 heterocycles. The van der Waals surface area contributed by atoms with Gasteiger partial charge in [0, 0.05) is 11.7 Å². The van der Waals surface area contributed by atoms with Crippen LogP contribution in [0.1, 0.15) is 61.9 Å². The van der Waals surface area contributed by atoms with Crippen molar-refractivity contribution in [2.45, 2.75) is 58.9 Å². The lowest BCUT2D eigenvalue weighted by Crippen LogP contribution is -2.13. The van der Waals surface area contributed by atoms with Crippen LogP contribution in [0.25, 0.3) is 0 Å². The molecule has 3 heteroatoms. The van der Waals surface area contributed by atoms with E-state index >= 15 is 0 Å². The molecule has 1 aromatic rings. The van der Waals surface area contributed by atoms with E-state index in [1.165, 1.54) is 37.8 Å². The summed E-state index contributed by atoms with van der Waals surface area (Å²) in [7, 11) is 0. The number of nitriles is 1. The van der Waals surface area contributed by atoms with Gasteiger partial charge in [-0.15, -0.1) is 0 Å². The van der Waals surface area contributed by atoms with Crippen molar-refractivity contribution < 1.29 is 0 Å². The summed E-state index contributed by atoms with van der Waals surface area (Å²) < 4.78 is 2.21. The minimum absolute atomic E-state index is 0.482. The Hall–Kier alpha value is -1.43. The van der Waals surface area contributed by atoms with Gasteiger partial charge in [-0.25, -0.2) is 0 Å². The van der Waals surface area contributed by atoms with Gasteiger partial charge < -0.3 is 10.3 Å². The third-order valence-corrected chi connectivity index (χ3v) is 4.50. The summed E-state index contributed by atoms with van der Waals surface area (Å²) in [5.41, 5.74) is 9.06. The van der Waals surface area contributed by atoms with E-state index in [-0.39, 0.29) is 0 Å². The number of aromatic nitrogens is 1. The Balaban J connectivity index is 2.36. The van der Waals surface area contributed by atoms with Crippen LogP contribution in [0.15, 0.2) is 0 Å². The molecule has 2 unspecified atom stereocenters. The zero-order valence-corrected chi connectivity index (χ0v) is 11.7. The number of hydrogen-bond acceptors (Lipinski definition) is 2. The molecule has 0 bridgehead atoms. The van der Waals surface area contributed by atoms with Crippen LogP contribution < -0.4 is 5.73 Å². The van der Waals surface area contributed by atoms with Gasteiger partial charge in [0.25, 0.3) is 0 Å². The van der Waals surface area contributed by atoms with Gasteiger partial charge >= 0.3 is 0 Å². The normalized spacial score (nSPS) is 24.6. The van der Waals surface area contributed by atoms with Gasteiger partial charge in [-0.05, 0) is 44.6 Å². The Bertz CT molecular complexity index is 479. The molecule has 0 radical (unpaired) electrons. The molecule has 1 aromatic heterocycles. The van der Waals surface area contributed by atoms with Crippen molar-refractivity contribution >= 4 is 5.82 Å². The SMILES string of the molecule is Cc1c(C#N)c(N)n(C2CCCC(C)CC2)c1C. The molecule has 18 heavy (non-hydrogen) atoms. The van der Waals surface area contributed by atoms with Gasteiger partial charge in [-0.2, -0.15) is 5.26 Å². The van der Waals surface area contributed by atoms with Crippen molar-refractivity contribution in [3.63, 3.8) is 0 Å². The summed E-state index contributed by atoms with van der Waals surface area (Å²) in [6.45, 7) is 6.42. The van der Waals surface area contributed by atoms with Crippen molar-refractivity contribution in [3.05, 3.63) is 16.8 Å². The van der Waals surface area contributed by atoms with Crippen LogP contribution in [0, 0.1) is 31.1 Å². The molecule has 2 rings (SSSR count). The molecular weight excluding hydrogens is 222 g/mol. The first-order valence-corrected chi connectivity index (χ1v) is 6.93. The molecule has 1 saturated carbocycles. The third kappa shape index (κ3) is 2.12. The molecule has 1 aliphatic carbocycles. The van der Waals surface area contributed by atoms with Crippen LogP contribution in [0.2, 0.25) is 0 Å². The Morgan fingerprint density at radius 3 is 2.56 bits per heavy atom. The van der Waals surface area contributed by atoms with Crippen LogP contribution in [0.3, 0.4) is 0 Å². The van der Waals surface area contributed by atoms with Gasteiger partial charge in [0.05, 0.1) is 5.56 Å². The number of anilines is 1. The first kappa shape index (κ1) is 13.0. The maximum absolute atomic E-state index is 9.19. The molecule has 0 aliphatic heterocycles. The van der Waals surface area contributed by atoms with Crippen LogP contribution >= 0.6 is 0 Å². The number of hydrogen-bond donors (Lipinski definition) is 1. The fraction of sp³-hybridized carbons (Fsp3) is 0.667. The van der Waals surface area contributed by atoms with Crippen molar-refractivity contribution in [3.8, 4) is 6.07 Å². The first-order chi connectivity index (χ1) is 8.56. The lowest BCUT2D eigenvalue weighted by Gasteiger charge is -2.20. The quantitative estimate of drug-likeness (QED) is 0.767. The largest absolute Gasteiger partial charge is 0.384 e. The second-order valence-electron chi connectivity index (χ2n) is 5.72. The monoisotopic (exact) mass is 245 g/mol. The Labute approximate surface area is 110 Å². The predicted octanol–water partition coefficient (Wildman–Crippen LogP) is 3.70. The first-order valence-electron chi connectivity index (χ1n) is 6.93. The number of nitrogen functional groups attached to an aromatic ring is 1. The van der Waals surface area contributed by atoms with Crippen molar-refractivity contribution in [1.82, 2.24) is 4.57 Å². The molecular formula is C15H23N3. The number of nitrogens with zero attached hydrogens (tertiary/aromatic N) is 2. The Morgan fingerprint density at radius 2 is 1.94 bits per heavy atom. The zero-order valence-electron chi connectivity index (χ0n) is 11.7. The van der Waals surface area contributed by atoms with E-state index in [9.17, 15) is 5.26 Å². The van der Waals surface area contributed by atoms with Crippen LogP contribution in [-0.4, -0.2) is 4.57 Å². The highest BCUT2D eigenvalue weighted by Crippen LogP contribution is 2.35. The van der Waals surface area contributed by atoms with Crippen molar-refractivity contribution in [2.75, 3.05) is 5.73 Å². The van der Waals surface area contributed by atoms with E-state index in [0.29, 0.717) is 17.4 Å². The summed E-state index contributed by atoms with van der Waals surface area (Å²) in [4.78, 5) is 0. The van der Waals surface area contributed by atoms with Crippen molar-refractivity contribution in [1.29, 1.82) is 5.26 Å². The lowest BCUT2D eigenvalue weighted by molar-refractivity contribution is 0.432. The molecule has 2 atom stereocenters. The molecule has 1 aliphatic rings. The Kier molecular flexibility index (Phi) is 3.65. The second-order valence-corrected chi connectivity index (χ2v) is 5.72. The molecule has 0 spiro atoms. The summed E-state index contributed by atoms with van der Waals surface area (Å²) in [6.07, 6.45) is 6.23. The fourth-order valence-electron chi connectivity index (χ4n) is 3.19. The summed E-state index contributed by atoms with van der Waals surface area (Å²) in [5, 5.41) is 9.19. The van der Waals surface area contributed by atoms with E-state index in [1.54, 1.807) is 0 Å². The second kappa shape index (κ2) is 5.06. The molecule has 3 nitrogen and oxygen atoms in total. The fourth-order valence-corrected chi connectivity index (χ4v) is 3.19. The van der Waals surface area contributed by atoms with E-state index < -0.39 is 0 Å². The average molecular weight is 245 g/mol. The smallest absolute Gasteiger partial charge is 0.122 e. The predicted molar refractivity (Wildman–Crippen MR) is 74.3 cm³/mol. The van der Waals surface area contributed by atoms with Gasteiger partial charge in [0.1, 0.15) is 11.9 Å². The lowest BCUT2D eigenvalue weighted by atomic mass is 10.0. The molecule has 98 valence electrons. The summed E-state index contributed by atoms with van der Waals surface area (Å²) in [5.74, 6) is 1.50. The molecule has 2 N–H and O–H groups in total. The van der Waals surface area contributed by atoms with Crippen LogP contribution in [-0.2, 0) is 0 Å². The molecule has 0 amide bonds. The molecule has 0 aromatic carbocycles. The number of nitrogens with two attached hydrogens (primary N) is 1. The zero-order chi connectivity index (χ0) is 13.3. The summed E-state index contributed by atoms with van der Waals surface area (Å²) >= 11 is 0. The highest BCUT2D eigenvalue weighted by Gasteiger charge is 2.23. The van der Waals surface area contributed by atoms with Gasteiger partial charge in [-0.1, -0.05) is 19.8 Å². The van der Waals surface area contributed by atoms with E-state index in [1.807, 2.05) is 6.92 Å². The topological polar surface area (TPSA) is 54.7 Å². The average Bonchev–Trinajstić information content (AvgIpc) is 2.50. The van der Waals surface area contributed by atoms with Crippen LogP contribution in [0.4, 0.5) is 5.82 Å². The van der Waals surface area contributed by atoms with Gasteiger partial charge in [-0.3, -0.25) is 0 Å². The summed E-state index contributed by atoms with van der Waals surface area (Å²) in [6, 6.07) is 2.72. The number of rotatable bonds is 1. The highest BCUT2D eigenvalue weighted by atomic mass is 15.1. The van der Waals surface area contributed by atoms with Crippen molar-refractivity contribution in [2.24, 2.45) is 5.92 Å². The van der Waals surface area contributed by atoms with Gasteiger partial charge in [0.2, 0.25) is 0 Å². The molecule has 0 saturated heterocycles. The highest BCUT2D eigenvalue weighted by molar-refractivity contribution is 5.58. The third-order valence-electron chi connectivity index (χ3n) is 4.50. The minimum atomic E-state index is 0.482. The van der Waals surface area contributed by atoms with Gasteiger partial charge in [0.15, 0.2) is 0 Å². The van der Waals surface area contributed by atoms with Crippen LogP contribution in [0.5, 0.6) is 0 Å². The van der Waals surface area contributed by atoms with E-state index in [2.05, 4.69) is 24.5 Å². The maximum Gasteiger partial charge on any atom is 0.122 e. The van der Waals surface area contributed by atoms with E-state index in [0.717, 1.165) is 11.5 Å².